The van der Waals surface area contributed by atoms with Gasteiger partial charge in [-0.15, -0.1) is 0 Å². The molecule has 0 atom stereocenters. The molecule has 78 valence electrons. The maximum absolute atomic E-state index is 12.5. The van der Waals surface area contributed by atoms with E-state index in [-0.39, 0.29) is 5.75 Å². The summed E-state index contributed by atoms with van der Waals surface area (Å²) in [6.07, 6.45) is -4.37. The second-order valence-corrected chi connectivity index (χ2v) is 2.81. The smallest absolute Gasteiger partial charge is 0.422 e. The standard InChI is InChI=1S/C9H8F4O/c1-6-4-7(10)2-3-8(6)14-5-9(11,12)13/h2-4H,5H2,1H3. The van der Waals surface area contributed by atoms with Crippen molar-refractivity contribution in [3.63, 3.8) is 0 Å². The van der Waals surface area contributed by atoms with Gasteiger partial charge in [0.2, 0.25) is 0 Å². The molecule has 0 heterocycles. The van der Waals surface area contributed by atoms with Gasteiger partial charge in [0, 0.05) is 0 Å². The predicted molar refractivity (Wildman–Crippen MR) is 42.7 cm³/mol. The highest BCUT2D eigenvalue weighted by atomic mass is 19.4. The van der Waals surface area contributed by atoms with Crippen LogP contribution in [0.3, 0.4) is 0 Å². The van der Waals surface area contributed by atoms with Gasteiger partial charge >= 0.3 is 6.18 Å². The van der Waals surface area contributed by atoms with Crippen LogP contribution >= 0.6 is 0 Å². The van der Waals surface area contributed by atoms with E-state index in [1.807, 2.05) is 0 Å². The molecule has 0 aromatic heterocycles. The Morgan fingerprint density at radius 1 is 1.29 bits per heavy atom. The molecule has 1 aromatic rings. The van der Waals surface area contributed by atoms with Crippen LogP contribution in [0.4, 0.5) is 17.6 Å². The molecular weight excluding hydrogens is 200 g/mol. The molecule has 0 amide bonds. The first-order chi connectivity index (χ1) is 6.38. The predicted octanol–water partition coefficient (Wildman–Crippen LogP) is 3.08. The molecular formula is C9H8F4O. The van der Waals surface area contributed by atoms with Crippen molar-refractivity contribution in [1.82, 2.24) is 0 Å². The van der Waals surface area contributed by atoms with Gasteiger partial charge in [0.1, 0.15) is 11.6 Å². The number of alkyl halides is 3. The molecule has 0 bridgehead atoms. The van der Waals surface area contributed by atoms with E-state index in [0.29, 0.717) is 5.56 Å². The van der Waals surface area contributed by atoms with Gasteiger partial charge in [0.15, 0.2) is 6.61 Å². The lowest BCUT2D eigenvalue weighted by Crippen LogP contribution is -2.19. The van der Waals surface area contributed by atoms with Gasteiger partial charge in [-0.2, -0.15) is 13.2 Å². The molecule has 0 aliphatic rings. The number of rotatable bonds is 2. The quantitative estimate of drug-likeness (QED) is 0.678. The normalized spacial score (nSPS) is 11.5. The summed E-state index contributed by atoms with van der Waals surface area (Å²) < 4.78 is 52.3. The minimum Gasteiger partial charge on any atom is -0.484 e. The molecule has 1 aromatic carbocycles. The maximum Gasteiger partial charge on any atom is 0.422 e. The van der Waals surface area contributed by atoms with Crippen LogP contribution in [0.1, 0.15) is 5.56 Å². The van der Waals surface area contributed by atoms with Crippen molar-refractivity contribution < 1.29 is 22.3 Å². The highest BCUT2D eigenvalue weighted by molar-refractivity contribution is 5.32. The number of hydrogen-bond acceptors (Lipinski definition) is 1. The molecule has 5 heteroatoms. The van der Waals surface area contributed by atoms with Crippen molar-refractivity contribution in [1.29, 1.82) is 0 Å². The van der Waals surface area contributed by atoms with E-state index >= 15 is 0 Å². The molecule has 0 radical (unpaired) electrons. The average molecular weight is 208 g/mol. The molecule has 0 fully saturated rings. The highest BCUT2D eigenvalue weighted by Gasteiger charge is 2.28. The van der Waals surface area contributed by atoms with Gasteiger partial charge < -0.3 is 4.74 Å². The Labute approximate surface area is 78.3 Å². The van der Waals surface area contributed by atoms with Gasteiger partial charge in [-0.1, -0.05) is 0 Å². The number of halogens is 4. The van der Waals surface area contributed by atoms with Crippen LogP contribution in [0.2, 0.25) is 0 Å². The van der Waals surface area contributed by atoms with Crippen LogP contribution in [0, 0.1) is 12.7 Å². The maximum atomic E-state index is 12.5. The summed E-state index contributed by atoms with van der Waals surface area (Å²) in [5.41, 5.74) is 0.342. The summed E-state index contributed by atoms with van der Waals surface area (Å²) in [4.78, 5) is 0. The molecule has 0 saturated carbocycles. The lowest BCUT2D eigenvalue weighted by Gasteiger charge is -2.10. The molecule has 0 aliphatic carbocycles. The third-order valence-corrected chi connectivity index (χ3v) is 1.53. The minimum absolute atomic E-state index is 0.0451. The van der Waals surface area contributed by atoms with Crippen LogP contribution in [0.25, 0.3) is 0 Å². The van der Waals surface area contributed by atoms with Crippen LogP contribution in [0.15, 0.2) is 18.2 Å². The van der Waals surface area contributed by atoms with E-state index in [0.717, 1.165) is 12.1 Å². The fourth-order valence-corrected chi connectivity index (χ4v) is 0.934. The monoisotopic (exact) mass is 208 g/mol. The van der Waals surface area contributed by atoms with Crippen molar-refractivity contribution >= 4 is 0 Å². The van der Waals surface area contributed by atoms with Crippen LogP contribution < -0.4 is 4.74 Å². The molecule has 0 N–H and O–H groups in total. The Kier molecular flexibility index (Phi) is 2.98. The molecule has 0 aliphatic heterocycles. The summed E-state index contributed by atoms with van der Waals surface area (Å²) in [6.45, 7) is 0.119. The zero-order valence-electron chi connectivity index (χ0n) is 7.36. The molecule has 0 saturated heterocycles. The number of aryl methyl sites for hydroxylation is 1. The largest absolute Gasteiger partial charge is 0.484 e. The molecule has 0 spiro atoms. The van der Waals surface area contributed by atoms with Crippen molar-refractivity contribution in [2.24, 2.45) is 0 Å². The Morgan fingerprint density at radius 3 is 2.43 bits per heavy atom. The lowest BCUT2D eigenvalue weighted by molar-refractivity contribution is -0.153. The van der Waals surface area contributed by atoms with Crippen molar-refractivity contribution in [3.05, 3.63) is 29.6 Å². The van der Waals surface area contributed by atoms with Crippen LogP contribution in [-0.4, -0.2) is 12.8 Å². The lowest BCUT2D eigenvalue weighted by atomic mass is 10.2. The Morgan fingerprint density at radius 2 is 1.93 bits per heavy atom. The Bertz CT molecular complexity index is 319. The number of ether oxygens (including phenoxy) is 1. The summed E-state index contributed by atoms with van der Waals surface area (Å²) in [5.74, 6) is -0.453. The fraction of sp³-hybridized carbons (Fsp3) is 0.333. The van der Waals surface area contributed by atoms with Crippen molar-refractivity contribution in [2.75, 3.05) is 6.61 Å². The fourth-order valence-electron chi connectivity index (χ4n) is 0.934. The van der Waals surface area contributed by atoms with Gasteiger partial charge in [-0.05, 0) is 30.7 Å². The highest BCUT2D eigenvalue weighted by Crippen LogP contribution is 2.22. The van der Waals surface area contributed by atoms with Crippen LogP contribution in [0.5, 0.6) is 5.75 Å². The van der Waals surface area contributed by atoms with Crippen LogP contribution in [-0.2, 0) is 0 Å². The zero-order valence-corrected chi connectivity index (χ0v) is 7.36. The van der Waals surface area contributed by atoms with E-state index in [9.17, 15) is 17.6 Å². The third-order valence-electron chi connectivity index (χ3n) is 1.53. The van der Waals surface area contributed by atoms with E-state index in [2.05, 4.69) is 4.74 Å². The second-order valence-electron chi connectivity index (χ2n) is 2.81. The van der Waals surface area contributed by atoms with Crippen molar-refractivity contribution in [3.8, 4) is 5.75 Å². The summed E-state index contributed by atoms with van der Waals surface area (Å²) >= 11 is 0. The molecule has 1 rings (SSSR count). The van der Waals surface area contributed by atoms with E-state index in [1.54, 1.807) is 0 Å². The summed E-state index contributed by atoms with van der Waals surface area (Å²) in [7, 11) is 0. The minimum atomic E-state index is -4.37. The second kappa shape index (κ2) is 3.86. The van der Waals surface area contributed by atoms with E-state index < -0.39 is 18.6 Å². The number of hydrogen-bond donors (Lipinski definition) is 0. The van der Waals surface area contributed by atoms with Gasteiger partial charge in [0.25, 0.3) is 0 Å². The van der Waals surface area contributed by atoms with Gasteiger partial charge in [-0.3, -0.25) is 0 Å². The van der Waals surface area contributed by atoms with Gasteiger partial charge in [-0.25, -0.2) is 4.39 Å². The topological polar surface area (TPSA) is 9.23 Å². The van der Waals surface area contributed by atoms with E-state index in [4.69, 9.17) is 0 Å². The summed E-state index contributed by atoms with van der Waals surface area (Å²) in [5, 5.41) is 0. The van der Waals surface area contributed by atoms with Crippen molar-refractivity contribution in [2.45, 2.75) is 13.1 Å². The molecule has 14 heavy (non-hydrogen) atoms. The Balaban J connectivity index is 2.68. The Hall–Kier alpha value is -1.26. The molecule has 1 nitrogen and oxygen atoms in total. The summed E-state index contributed by atoms with van der Waals surface area (Å²) in [6, 6.07) is 3.35. The first-order valence-electron chi connectivity index (χ1n) is 3.84. The van der Waals surface area contributed by atoms with Gasteiger partial charge in [0.05, 0.1) is 0 Å². The first-order valence-corrected chi connectivity index (χ1v) is 3.84. The number of benzene rings is 1. The average Bonchev–Trinajstić information content (AvgIpc) is 2.00. The van der Waals surface area contributed by atoms with E-state index in [1.165, 1.54) is 13.0 Å². The first kappa shape index (κ1) is 10.8. The third kappa shape index (κ3) is 3.24. The molecule has 0 unspecified atom stereocenters. The zero-order chi connectivity index (χ0) is 10.8. The SMILES string of the molecule is Cc1cc(F)ccc1OCC(F)(F)F.